The summed E-state index contributed by atoms with van der Waals surface area (Å²) in [4.78, 5) is 24.3. The van der Waals surface area contributed by atoms with Crippen molar-refractivity contribution in [2.75, 3.05) is 13.2 Å². The first-order chi connectivity index (χ1) is 14.3. The lowest BCUT2D eigenvalue weighted by Crippen LogP contribution is -2.33. The summed E-state index contributed by atoms with van der Waals surface area (Å²) in [5.41, 5.74) is 0. The number of esters is 2. The van der Waals surface area contributed by atoms with Crippen LogP contribution in [-0.4, -0.2) is 25.2 Å². The second-order valence-electron chi connectivity index (χ2n) is 9.43. The molecule has 0 bridgehead atoms. The molecule has 0 fully saturated rings. The maximum atomic E-state index is 12.7. The van der Waals surface area contributed by atoms with Gasteiger partial charge < -0.3 is 9.47 Å². The SMILES string of the molecule is CCCCOC(=O)CCCCCCCCC(C(C)C)C(C(=O)OCCCC)C(C)C. The van der Waals surface area contributed by atoms with Gasteiger partial charge in [-0.3, -0.25) is 9.59 Å². The fourth-order valence-corrected chi connectivity index (χ4v) is 4.04. The van der Waals surface area contributed by atoms with Crippen LogP contribution in [0.15, 0.2) is 0 Å². The minimum atomic E-state index is -0.0474. The second kappa shape index (κ2) is 18.7. The maximum Gasteiger partial charge on any atom is 0.309 e. The Bertz CT molecular complexity index is 431. The summed E-state index contributed by atoms with van der Waals surface area (Å²) in [6.45, 7) is 14.1. The van der Waals surface area contributed by atoms with Crippen LogP contribution in [0.2, 0.25) is 0 Å². The van der Waals surface area contributed by atoms with E-state index in [-0.39, 0.29) is 17.9 Å². The zero-order valence-electron chi connectivity index (χ0n) is 20.8. The number of rotatable bonds is 19. The average molecular weight is 427 g/mol. The topological polar surface area (TPSA) is 52.6 Å². The van der Waals surface area contributed by atoms with Crippen LogP contribution >= 0.6 is 0 Å². The first kappa shape index (κ1) is 28.9. The van der Waals surface area contributed by atoms with Crippen LogP contribution in [0.1, 0.15) is 119 Å². The first-order valence-corrected chi connectivity index (χ1v) is 12.7. The summed E-state index contributed by atoms with van der Waals surface area (Å²) in [6.07, 6.45) is 12.4. The molecule has 30 heavy (non-hydrogen) atoms. The Kier molecular flexibility index (Phi) is 18.0. The van der Waals surface area contributed by atoms with Crippen molar-refractivity contribution < 1.29 is 19.1 Å². The number of unbranched alkanes of at least 4 members (excludes halogenated alkanes) is 7. The van der Waals surface area contributed by atoms with Gasteiger partial charge in [0.05, 0.1) is 19.1 Å². The van der Waals surface area contributed by atoms with Crippen molar-refractivity contribution in [2.24, 2.45) is 23.7 Å². The van der Waals surface area contributed by atoms with E-state index in [0.29, 0.717) is 37.4 Å². The monoisotopic (exact) mass is 426 g/mol. The fraction of sp³-hybridized carbons (Fsp3) is 0.923. The summed E-state index contributed by atoms with van der Waals surface area (Å²) in [7, 11) is 0. The molecule has 0 spiro atoms. The van der Waals surface area contributed by atoms with E-state index >= 15 is 0 Å². The van der Waals surface area contributed by atoms with Gasteiger partial charge in [0.25, 0.3) is 0 Å². The van der Waals surface area contributed by atoms with Crippen molar-refractivity contribution in [3.8, 4) is 0 Å². The third-order valence-corrected chi connectivity index (χ3v) is 5.98. The zero-order valence-corrected chi connectivity index (χ0v) is 20.8. The minimum absolute atomic E-state index is 0.000534. The molecule has 0 aliphatic carbocycles. The number of carbonyl (C=O) groups excluding carboxylic acids is 2. The van der Waals surface area contributed by atoms with Crippen molar-refractivity contribution in [1.29, 1.82) is 0 Å². The molecule has 4 nitrogen and oxygen atoms in total. The van der Waals surface area contributed by atoms with Gasteiger partial charge >= 0.3 is 11.9 Å². The highest BCUT2D eigenvalue weighted by Crippen LogP contribution is 2.33. The molecule has 0 aromatic rings. The molecule has 178 valence electrons. The molecule has 0 amide bonds. The van der Waals surface area contributed by atoms with E-state index < -0.39 is 0 Å². The summed E-state index contributed by atoms with van der Waals surface area (Å²) >= 11 is 0. The Morgan fingerprint density at radius 1 is 0.667 bits per heavy atom. The predicted molar refractivity (Wildman–Crippen MR) is 125 cm³/mol. The Balaban J connectivity index is 4.14. The van der Waals surface area contributed by atoms with Gasteiger partial charge in [-0.25, -0.2) is 0 Å². The van der Waals surface area contributed by atoms with Crippen molar-refractivity contribution in [3.05, 3.63) is 0 Å². The van der Waals surface area contributed by atoms with Gasteiger partial charge in [0.2, 0.25) is 0 Å². The summed E-state index contributed by atoms with van der Waals surface area (Å²) in [5.74, 6) is 1.13. The molecule has 0 rings (SSSR count). The van der Waals surface area contributed by atoms with Gasteiger partial charge in [-0.15, -0.1) is 0 Å². The molecule has 0 radical (unpaired) electrons. The van der Waals surface area contributed by atoms with Crippen molar-refractivity contribution in [3.63, 3.8) is 0 Å². The maximum absolute atomic E-state index is 12.7. The predicted octanol–water partition coefficient (Wildman–Crippen LogP) is 7.34. The van der Waals surface area contributed by atoms with E-state index in [1.54, 1.807) is 0 Å². The van der Waals surface area contributed by atoms with Gasteiger partial charge in [0.15, 0.2) is 0 Å². The molecular weight excluding hydrogens is 376 g/mol. The standard InChI is InChI=1S/C26H50O4/c1-7-9-19-29-24(27)18-16-14-12-11-13-15-17-23(21(3)4)25(22(5)6)26(28)30-20-10-8-2/h21-23,25H,7-20H2,1-6H3. The van der Waals surface area contributed by atoms with E-state index in [4.69, 9.17) is 9.47 Å². The molecule has 0 saturated heterocycles. The zero-order chi connectivity index (χ0) is 22.8. The Labute approximate surface area is 186 Å². The smallest absolute Gasteiger partial charge is 0.309 e. The van der Waals surface area contributed by atoms with Gasteiger partial charge in [0, 0.05) is 6.42 Å². The van der Waals surface area contributed by atoms with Crippen LogP contribution < -0.4 is 0 Å². The number of carbonyl (C=O) groups is 2. The first-order valence-electron chi connectivity index (χ1n) is 12.7. The number of hydrogen-bond acceptors (Lipinski definition) is 4. The van der Waals surface area contributed by atoms with Crippen LogP contribution in [0.3, 0.4) is 0 Å². The fourth-order valence-electron chi connectivity index (χ4n) is 4.04. The molecule has 0 aliphatic rings. The van der Waals surface area contributed by atoms with Crippen LogP contribution in [-0.2, 0) is 19.1 Å². The van der Waals surface area contributed by atoms with Crippen molar-refractivity contribution in [2.45, 2.75) is 119 Å². The Morgan fingerprint density at radius 2 is 1.20 bits per heavy atom. The van der Waals surface area contributed by atoms with Crippen LogP contribution in [0.4, 0.5) is 0 Å². The molecule has 2 unspecified atom stereocenters. The van der Waals surface area contributed by atoms with E-state index in [0.717, 1.165) is 51.4 Å². The Hall–Kier alpha value is -1.06. The van der Waals surface area contributed by atoms with Gasteiger partial charge in [-0.1, -0.05) is 86.5 Å². The van der Waals surface area contributed by atoms with Crippen LogP contribution in [0, 0.1) is 23.7 Å². The van der Waals surface area contributed by atoms with E-state index in [1.165, 1.54) is 19.3 Å². The second-order valence-corrected chi connectivity index (χ2v) is 9.43. The molecule has 4 heteroatoms. The normalized spacial score (nSPS) is 13.5. The molecular formula is C26H50O4. The van der Waals surface area contributed by atoms with Crippen molar-refractivity contribution >= 4 is 11.9 Å². The van der Waals surface area contributed by atoms with Gasteiger partial charge in [-0.2, -0.15) is 0 Å². The van der Waals surface area contributed by atoms with Gasteiger partial charge in [0.1, 0.15) is 0 Å². The molecule has 0 aromatic heterocycles. The number of ether oxygens (including phenoxy) is 2. The van der Waals surface area contributed by atoms with E-state index in [1.807, 2.05) is 0 Å². The lowest BCUT2D eigenvalue weighted by molar-refractivity contribution is -0.153. The molecule has 2 atom stereocenters. The number of hydrogen-bond donors (Lipinski definition) is 0. The third kappa shape index (κ3) is 14.0. The van der Waals surface area contributed by atoms with E-state index in [2.05, 4.69) is 41.5 Å². The quantitative estimate of drug-likeness (QED) is 0.160. The van der Waals surface area contributed by atoms with Gasteiger partial charge in [-0.05, 0) is 43.4 Å². The summed E-state index contributed by atoms with van der Waals surface area (Å²) < 4.78 is 10.8. The third-order valence-electron chi connectivity index (χ3n) is 5.98. The molecule has 0 aliphatic heterocycles. The molecule has 0 aromatic carbocycles. The van der Waals surface area contributed by atoms with Crippen molar-refractivity contribution in [1.82, 2.24) is 0 Å². The molecule has 0 saturated carbocycles. The highest BCUT2D eigenvalue weighted by atomic mass is 16.5. The largest absolute Gasteiger partial charge is 0.466 e. The lowest BCUT2D eigenvalue weighted by Gasteiger charge is -2.31. The highest BCUT2D eigenvalue weighted by Gasteiger charge is 2.33. The summed E-state index contributed by atoms with van der Waals surface area (Å²) in [6, 6.07) is 0. The lowest BCUT2D eigenvalue weighted by atomic mass is 9.74. The van der Waals surface area contributed by atoms with E-state index in [9.17, 15) is 9.59 Å². The minimum Gasteiger partial charge on any atom is -0.466 e. The summed E-state index contributed by atoms with van der Waals surface area (Å²) in [5, 5.41) is 0. The molecule has 0 N–H and O–H groups in total. The Morgan fingerprint density at radius 3 is 1.73 bits per heavy atom. The van der Waals surface area contributed by atoms with Crippen LogP contribution in [0.25, 0.3) is 0 Å². The average Bonchev–Trinajstić information content (AvgIpc) is 2.68. The van der Waals surface area contributed by atoms with Crippen LogP contribution in [0.5, 0.6) is 0 Å². The molecule has 0 heterocycles. The highest BCUT2D eigenvalue weighted by molar-refractivity contribution is 5.73.